The number of nitriles is 1. The Morgan fingerprint density at radius 1 is 1.28 bits per heavy atom. The van der Waals surface area contributed by atoms with Crippen molar-refractivity contribution in [2.75, 3.05) is 6.54 Å². The standard InChI is InChI=1S/C15H22N2O/c1-11(17-10-14(18)15(2,3)4)13-7-5-12(9-16)6-8-13/h5-8,11,14,17-18H,10H2,1-4H3/t11-,14+/m1/s1. The molecule has 0 bridgehead atoms. The number of nitrogens with one attached hydrogen (secondary N) is 1. The van der Waals surface area contributed by atoms with Crippen LogP contribution in [-0.4, -0.2) is 17.8 Å². The summed E-state index contributed by atoms with van der Waals surface area (Å²) in [5, 5.41) is 22.0. The molecule has 0 aromatic heterocycles. The van der Waals surface area contributed by atoms with Crippen LogP contribution in [0, 0.1) is 16.7 Å². The van der Waals surface area contributed by atoms with Gasteiger partial charge in [-0.3, -0.25) is 0 Å². The molecular formula is C15H22N2O. The Bertz CT molecular complexity index is 412. The van der Waals surface area contributed by atoms with Crippen molar-refractivity contribution in [1.82, 2.24) is 5.32 Å². The Morgan fingerprint density at radius 3 is 2.28 bits per heavy atom. The summed E-state index contributed by atoms with van der Waals surface area (Å²) in [6.07, 6.45) is -0.377. The fourth-order valence-electron chi connectivity index (χ4n) is 1.56. The minimum absolute atomic E-state index is 0.114. The smallest absolute Gasteiger partial charge is 0.0991 e. The zero-order valence-corrected chi connectivity index (χ0v) is 11.6. The molecule has 0 aliphatic carbocycles. The number of nitrogens with zero attached hydrogens (tertiary/aromatic N) is 1. The molecule has 3 heteroatoms. The molecule has 0 amide bonds. The highest BCUT2D eigenvalue weighted by Gasteiger charge is 2.22. The fourth-order valence-corrected chi connectivity index (χ4v) is 1.56. The lowest BCUT2D eigenvalue weighted by Crippen LogP contribution is -2.37. The average Bonchev–Trinajstić information content (AvgIpc) is 2.34. The first-order chi connectivity index (χ1) is 8.34. The first-order valence-electron chi connectivity index (χ1n) is 6.26. The van der Waals surface area contributed by atoms with E-state index in [2.05, 4.69) is 18.3 Å². The van der Waals surface area contributed by atoms with Gasteiger partial charge >= 0.3 is 0 Å². The molecule has 0 aliphatic rings. The average molecular weight is 246 g/mol. The van der Waals surface area contributed by atoms with E-state index in [1.807, 2.05) is 45.0 Å². The highest BCUT2D eigenvalue weighted by atomic mass is 16.3. The molecule has 0 saturated heterocycles. The van der Waals surface area contributed by atoms with Crippen LogP contribution >= 0.6 is 0 Å². The topological polar surface area (TPSA) is 56.0 Å². The third-order valence-corrected chi connectivity index (χ3v) is 3.16. The van der Waals surface area contributed by atoms with Gasteiger partial charge in [-0.1, -0.05) is 32.9 Å². The highest BCUT2D eigenvalue weighted by Crippen LogP contribution is 2.19. The maximum atomic E-state index is 9.96. The van der Waals surface area contributed by atoms with E-state index >= 15 is 0 Å². The summed E-state index contributed by atoms with van der Waals surface area (Å²) in [6, 6.07) is 9.78. The van der Waals surface area contributed by atoms with Gasteiger partial charge in [0, 0.05) is 12.6 Å². The first-order valence-corrected chi connectivity index (χ1v) is 6.26. The van der Waals surface area contributed by atoms with E-state index in [4.69, 9.17) is 5.26 Å². The molecule has 1 aromatic rings. The van der Waals surface area contributed by atoms with Gasteiger partial charge in [0.2, 0.25) is 0 Å². The third-order valence-electron chi connectivity index (χ3n) is 3.16. The van der Waals surface area contributed by atoms with E-state index in [1.54, 1.807) is 0 Å². The van der Waals surface area contributed by atoms with Crippen LogP contribution in [0.4, 0.5) is 0 Å². The second kappa shape index (κ2) is 5.99. The van der Waals surface area contributed by atoms with Gasteiger partial charge < -0.3 is 10.4 Å². The van der Waals surface area contributed by atoms with Crippen molar-refractivity contribution in [3.8, 4) is 6.07 Å². The summed E-state index contributed by atoms with van der Waals surface area (Å²) in [5.74, 6) is 0. The van der Waals surface area contributed by atoms with Crippen molar-refractivity contribution in [2.24, 2.45) is 5.41 Å². The highest BCUT2D eigenvalue weighted by molar-refractivity contribution is 5.32. The van der Waals surface area contributed by atoms with Gasteiger partial charge in [0.25, 0.3) is 0 Å². The van der Waals surface area contributed by atoms with Gasteiger partial charge in [-0.05, 0) is 30.0 Å². The lowest BCUT2D eigenvalue weighted by Gasteiger charge is -2.27. The molecule has 0 spiro atoms. The number of aliphatic hydroxyl groups is 1. The Kier molecular flexibility index (Phi) is 4.89. The molecule has 2 atom stereocenters. The molecule has 1 rings (SSSR count). The van der Waals surface area contributed by atoms with Gasteiger partial charge in [-0.15, -0.1) is 0 Å². The van der Waals surface area contributed by atoms with Gasteiger partial charge in [0.15, 0.2) is 0 Å². The lowest BCUT2D eigenvalue weighted by molar-refractivity contribution is 0.0609. The van der Waals surface area contributed by atoms with Crippen LogP contribution in [0.2, 0.25) is 0 Å². The van der Waals surface area contributed by atoms with Crippen LogP contribution in [0.15, 0.2) is 24.3 Å². The molecular weight excluding hydrogens is 224 g/mol. The van der Waals surface area contributed by atoms with Crippen molar-refractivity contribution in [3.05, 3.63) is 35.4 Å². The van der Waals surface area contributed by atoms with E-state index < -0.39 is 0 Å². The van der Waals surface area contributed by atoms with Crippen molar-refractivity contribution in [2.45, 2.75) is 39.8 Å². The summed E-state index contributed by atoms with van der Waals surface area (Å²) < 4.78 is 0. The number of rotatable bonds is 4. The zero-order valence-electron chi connectivity index (χ0n) is 11.6. The molecule has 2 N–H and O–H groups in total. The summed E-state index contributed by atoms with van der Waals surface area (Å²) in [6.45, 7) is 8.67. The van der Waals surface area contributed by atoms with E-state index in [9.17, 15) is 5.11 Å². The lowest BCUT2D eigenvalue weighted by atomic mass is 9.89. The van der Waals surface area contributed by atoms with E-state index in [-0.39, 0.29) is 17.6 Å². The molecule has 0 saturated carbocycles. The maximum Gasteiger partial charge on any atom is 0.0991 e. The van der Waals surface area contributed by atoms with Crippen LogP contribution in [-0.2, 0) is 0 Å². The molecule has 18 heavy (non-hydrogen) atoms. The maximum absolute atomic E-state index is 9.96. The molecule has 98 valence electrons. The van der Waals surface area contributed by atoms with Gasteiger partial charge in [-0.25, -0.2) is 0 Å². The predicted octanol–water partition coefficient (Wildman–Crippen LogP) is 2.62. The summed E-state index contributed by atoms with van der Waals surface area (Å²) in [5.41, 5.74) is 1.67. The minimum Gasteiger partial charge on any atom is -0.391 e. The van der Waals surface area contributed by atoms with Crippen molar-refractivity contribution >= 4 is 0 Å². The number of hydrogen-bond donors (Lipinski definition) is 2. The Hall–Kier alpha value is -1.37. The number of hydrogen-bond acceptors (Lipinski definition) is 3. The number of benzene rings is 1. The molecule has 0 unspecified atom stereocenters. The van der Waals surface area contributed by atoms with Crippen LogP contribution in [0.25, 0.3) is 0 Å². The molecule has 0 heterocycles. The fraction of sp³-hybridized carbons (Fsp3) is 0.533. The summed E-state index contributed by atoms with van der Waals surface area (Å²) >= 11 is 0. The van der Waals surface area contributed by atoms with Crippen LogP contribution in [0.5, 0.6) is 0 Å². The van der Waals surface area contributed by atoms with Crippen LogP contribution < -0.4 is 5.32 Å². The Morgan fingerprint density at radius 2 is 1.83 bits per heavy atom. The summed E-state index contributed by atoms with van der Waals surface area (Å²) in [4.78, 5) is 0. The van der Waals surface area contributed by atoms with Crippen molar-refractivity contribution < 1.29 is 5.11 Å². The summed E-state index contributed by atoms with van der Waals surface area (Å²) in [7, 11) is 0. The Balaban J connectivity index is 2.55. The van der Waals surface area contributed by atoms with Gasteiger partial charge in [0.1, 0.15) is 0 Å². The van der Waals surface area contributed by atoms with Gasteiger partial charge in [-0.2, -0.15) is 5.26 Å². The zero-order chi connectivity index (χ0) is 13.8. The third kappa shape index (κ3) is 4.14. The predicted molar refractivity (Wildman–Crippen MR) is 73.0 cm³/mol. The molecule has 1 aromatic carbocycles. The van der Waals surface area contributed by atoms with Gasteiger partial charge in [0.05, 0.1) is 17.7 Å². The van der Waals surface area contributed by atoms with E-state index in [1.165, 1.54) is 0 Å². The van der Waals surface area contributed by atoms with Crippen molar-refractivity contribution in [1.29, 1.82) is 5.26 Å². The van der Waals surface area contributed by atoms with E-state index in [0.29, 0.717) is 12.1 Å². The van der Waals surface area contributed by atoms with E-state index in [0.717, 1.165) is 5.56 Å². The number of aliphatic hydroxyl groups excluding tert-OH is 1. The molecule has 0 radical (unpaired) electrons. The molecule has 0 fully saturated rings. The van der Waals surface area contributed by atoms with Crippen LogP contribution in [0.1, 0.15) is 44.9 Å². The van der Waals surface area contributed by atoms with Crippen molar-refractivity contribution in [3.63, 3.8) is 0 Å². The quantitative estimate of drug-likeness (QED) is 0.858. The molecule has 0 aliphatic heterocycles. The first kappa shape index (κ1) is 14.7. The van der Waals surface area contributed by atoms with Crippen LogP contribution in [0.3, 0.4) is 0 Å². The second-order valence-corrected chi connectivity index (χ2v) is 5.75. The minimum atomic E-state index is -0.377. The SMILES string of the molecule is C[C@@H](NC[C@H](O)C(C)(C)C)c1ccc(C#N)cc1. The largest absolute Gasteiger partial charge is 0.391 e. The Labute approximate surface area is 109 Å². The monoisotopic (exact) mass is 246 g/mol. The molecule has 3 nitrogen and oxygen atoms in total. The normalized spacial score (nSPS) is 14.9. The second-order valence-electron chi connectivity index (χ2n) is 5.75.